The zero-order valence-electron chi connectivity index (χ0n) is 17.7. The maximum absolute atomic E-state index is 13.4. The van der Waals surface area contributed by atoms with Gasteiger partial charge in [0.15, 0.2) is 9.84 Å². The first-order chi connectivity index (χ1) is 14.4. The minimum absolute atomic E-state index is 0.0389. The van der Waals surface area contributed by atoms with Gasteiger partial charge in [-0.2, -0.15) is 0 Å². The summed E-state index contributed by atoms with van der Waals surface area (Å²) in [5, 5.41) is 0. The highest BCUT2D eigenvalue weighted by atomic mass is 32.2. The van der Waals surface area contributed by atoms with E-state index in [2.05, 4.69) is 18.7 Å². The summed E-state index contributed by atoms with van der Waals surface area (Å²) in [5.74, 6) is 1.31. The average Bonchev–Trinajstić information content (AvgIpc) is 3.11. The Morgan fingerprint density at radius 2 is 1.70 bits per heavy atom. The van der Waals surface area contributed by atoms with Crippen LogP contribution in [0.3, 0.4) is 0 Å². The van der Waals surface area contributed by atoms with Crippen molar-refractivity contribution in [2.45, 2.75) is 26.3 Å². The van der Waals surface area contributed by atoms with Crippen molar-refractivity contribution in [3.05, 3.63) is 60.2 Å². The van der Waals surface area contributed by atoms with Crippen molar-refractivity contribution in [1.29, 1.82) is 0 Å². The molecule has 0 bridgehead atoms. The number of carbonyl (C=O) groups is 1. The number of rotatable bonds is 9. The summed E-state index contributed by atoms with van der Waals surface area (Å²) >= 11 is 0. The average molecular weight is 431 g/mol. The van der Waals surface area contributed by atoms with Crippen LogP contribution in [0.5, 0.6) is 11.5 Å². The van der Waals surface area contributed by atoms with Crippen molar-refractivity contribution >= 4 is 15.7 Å². The molecule has 0 radical (unpaired) electrons. The zero-order valence-corrected chi connectivity index (χ0v) is 18.5. The molecule has 1 amide bonds. The highest BCUT2D eigenvalue weighted by Crippen LogP contribution is 2.24. The molecule has 1 aliphatic rings. The lowest BCUT2D eigenvalue weighted by atomic mass is 10.1. The Kier molecular flexibility index (Phi) is 7.50. The molecule has 0 spiro atoms. The van der Waals surface area contributed by atoms with Gasteiger partial charge in [0.2, 0.25) is 0 Å². The Bertz CT molecular complexity index is 943. The monoisotopic (exact) mass is 430 g/mol. The number of amides is 1. The van der Waals surface area contributed by atoms with Gasteiger partial charge in [0.25, 0.3) is 5.91 Å². The molecule has 0 aliphatic carbocycles. The quantitative estimate of drug-likeness (QED) is 0.610. The van der Waals surface area contributed by atoms with Gasteiger partial charge >= 0.3 is 0 Å². The summed E-state index contributed by atoms with van der Waals surface area (Å²) in [6.07, 6.45) is 0.493. The molecule has 30 heavy (non-hydrogen) atoms. The van der Waals surface area contributed by atoms with E-state index in [1.54, 1.807) is 23.1 Å². The summed E-state index contributed by atoms with van der Waals surface area (Å²) in [6, 6.07) is 16.2. The van der Waals surface area contributed by atoms with E-state index in [1.165, 1.54) is 0 Å². The van der Waals surface area contributed by atoms with Gasteiger partial charge in [-0.25, -0.2) is 8.42 Å². The molecule has 2 aromatic rings. The van der Waals surface area contributed by atoms with E-state index in [-0.39, 0.29) is 23.5 Å². The van der Waals surface area contributed by atoms with Gasteiger partial charge in [-0.1, -0.05) is 38.1 Å². The predicted molar refractivity (Wildman–Crippen MR) is 119 cm³/mol. The maximum atomic E-state index is 13.4. The summed E-state index contributed by atoms with van der Waals surface area (Å²) in [4.78, 5) is 17.4. The topological polar surface area (TPSA) is 66.9 Å². The third kappa shape index (κ3) is 5.83. The first-order valence-corrected chi connectivity index (χ1v) is 12.3. The Morgan fingerprint density at radius 1 is 1.00 bits per heavy atom. The molecule has 162 valence electrons. The van der Waals surface area contributed by atoms with Gasteiger partial charge in [0.1, 0.15) is 11.5 Å². The normalized spacial score (nSPS) is 17.8. The number of ether oxygens (including phenoxy) is 1. The third-order valence-corrected chi connectivity index (χ3v) is 7.27. The fraction of sp³-hybridized carbons (Fsp3) is 0.435. The van der Waals surface area contributed by atoms with E-state index < -0.39 is 9.84 Å². The van der Waals surface area contributed by atoms with Gasteiger partial charge in [-0.3, -0.25) is 4.79 Å². The van der Waals surface area contributed by atoms with Crippen molar-refractivity contribution < 1.29 is 17.9 Å². The summed E-state index contributed by atoms with van der Waals surface area (Å²) < 4.78 is 30.0. The second-order valence-corrected chi connectivity index (χ2v) is 9.75. The number of hydrogen-bond acceptors (Lipinski definition) is 5. The molecule has 1 aliphatic heterocycles. The van der Waals surface area contributed by atoms with Crippen LogP contribution in [0.4, 0.5) is 0 Å². The molecule has 3 rings (SSSR count). The maximum Gasteiger partial charge on any atom is 0.254 e. The van der Waals surface area contributed by atoms with E-state index in [0.29, 0.717) is 30.0 Å². The first kappa shape index (κ1) is 22.3. The fourth-order valence-corrected chi connectivity index (χ4v) is 5.47. The summed E-state index contributed by atoms with van der Waals surface area (Å²) in [6.45, 7) is 7.17. The molecular weight excluding hydrogens is 400 g/mol. The molecular formula is C23H30N2O4S. The largest absolute Gasteiger partial charge is 0.457 e. The number of sulfone groups is 1. The zero-order chi connectivity index (χ0) is 21.6. The van der Waals surface area contributed by atoms with Crippen LogP contribution in [-0.2, 0) is 9.84 Å². The van der Waals surface area contributed by atoms with Crippen molar-refractivity contribution in [3.8, 4) is 11.5 Å². The molecule has 0 N–H and O–H groups in total. The molecule has 1 fully saturated rings. The number of para-hydroxylation sites is 1. The van der Waals surface area contributed by atoms with Crippen molar-refractivity contribution in [2.75, 3.05) is 37.7 Å². The van der Waals surface area contributed by atoms with E-state index in [0.717, 1.165) is 19.6 Å². The molecule has 6 nitrogen and oxygen atoms in total. The number of likely N-dealkylation sites (N-methyl/N-ethyl adjacent to an activating group) is 1. The molecule has 1 heterocycles. The van der Waals surface area contributed by atoms with Crippen molar-refractivity contribution in [1.82, 2.24) is 9.80 Å². The van der Waals surface area contributed by atoms with Crippen LogP contribution < -0.4 is 4.74 Å². The third-order valence-electron chi connectivity index (χ3n) is 5.52. The highest BCUT2D eigenvalue weighted by Gasteiger charge is 2.35. The van der Waals surface area contributed by atoms with E-state index in [9.17, 15) is 13.2 Å². The standard InChI is InChI=1S/C23H30N2O4S/c1-3-24(4-2)14-15-25(20-13-16-30(27,28)18-20)23(26)19-9-8-12-22(17-19)29-21-10-6-5-7-11-21/h5-12,17,20H,3-4,13-16,18H2,1-2H3. The molecule has 1 saturated heterocycles. The van der Waals surface area contributed by atoms with Gasteiger partial charge in [-0.05, 0) is 49.8 Å². The number of benzene rings is 2. The SMILES string of the molecule is CCN(CC)CCN(C(=O)c1cccc(Oc2ccccc2)c1)C1CCS(=O)(=O)C1. The minimum Gasteiger partial charge on any atom is -0.457 e. The highest BCUT2D eigenvalue weighted by molar-refractivity contribution is 7.91. The molecule has 2 aromatic carbocycles. The first-order valence-electron chi connectivity index (χ1n) is 10.5. The van der Waals surface area contributed by atoms with Crippen LogP contribution in [0, 0.1) is 0 Å². The minimum atomic E-state index is -3.09. The number of carbonyl (C=O) groups excluding carboxylic acids is 1. The number of nitrogens with zero attached hydrogens (tertiary/aromatic N) is 2. The van der Waals surface area contributed by atoms with Crippen molar-refractivity contribution in [3.63, 3.8) is 0 Å². The van der Waals surface area contributed by atoms with E-state index >= 15 is 0 Å². The predicted octanol–water partition coefficient (Wildman–Crippen LogP) is 3.45. The van der Waals surface area contributed by atoms with Crippen LogP contribution >= 0.6 is 0 Å². The molecule has 1 atom stereocenters. The lowest BCUT2D eigenvalue weighted by Crippen LogP contribution is -2.45. The lowest BCUT2D eigenvalue weighted by molar-refractivity contribution is 0.0674. The van der Waals surface area contributed by atoms with Gasteiger partial charge in [0, 0.05) is 24.7 Å². The summed E-state index contributed by atoms with van der Waals surface area (Å²) in [7, 11) is -3.09. The second kappa shape index (κ2) is 10.1. The Hall–Kier alpha value is -2.38. The molecule has 1 unspecified atom stereocenters. The van der Waals surface area contributed by atoms with Crippen LogP contribution in [-0.4, -0.2) is 67.9 Å². The van der Waals surface area contributed by atoms with E-state index in [4.69, 9.17) is 4.74 Å². The van der Waals surface area contributed by atoms with Crippen LogP contribution in [0.2, 0.25) is 0 Å². The van der Waals surface area contributed by atoms with Crippen LogP contribution in [0.1, 0.15) is 30.6 Å². The summed E-state index contributed by atoms with van der Waals surface area (Å²) in [5.41, 5.74) is 0.507. The number of hydrogen-bond donors (Lipinski definition) is 0. The Balaban J connectivity index is 1.80. The molecule has 7 heteroatoms. The van der Waals surface area contributed by atoms with E-state index in [1.807, 2.05) is 36.4 Å². The fourth-order valence-electron chi connectivity index (χ4n) is 3.74. The van der Waals surface area contributed by atoms with Gasteiger partial charge in [-0.15, -0.1) is 0 Å². The van der Waals surface area contributed by atoms with Crippen LogP contribution in [0.25, 0.3) is 0 Å². The smallest absolute Gasteiger partial charge is 0.254 e. The van der Waals surface area contributed by atoms with Crippen LogP contribution in [0.15, 0.2) is 54.6 Å². The Labute approximate surface area is 179 Å². The molecule has 0 aromatic heterocycles. The van der Waals surface area contributed by atoms with Gasteiger partial charge in [0.05, 0.1) is 11.5 Å². The second-order valence-electron chi connectivity index (χ2n) is 7.53. The molecule has 0 saturated carbocycles. The Morgan fingerprint density at radius 3 is 2.33 bits per heavy atom. The van der Waals surface area contributed by atoms with Crippen molar-refractivity contribution in [2.24, 2.45) is 0 Å². The lowest BCUT2D eigenvalue weighted by Gasteiger charge is -2.31. The van der Waals surface area contributed by atoms with Gasteiger partial charge < -0.3 is 14.5 Å².